The van der Waals surface area contributed by atoms with Crippen LogP contribution < -0.4 is 5.32 Å². The molecule has 0 saturated carbocycles. The number of cyclic esters (lactones) is 1. The number of halogens is 1. The number of nitrogens with zero attached hydrogens (tertiary/aromatic N) is 1. The van der Waals surface area contributed by atoms with Crippen molar-refractivity contribution in [2.24, 2.45) is 0 Å². The molecule has 26 heavy (non-hydrogen) atoms. The second-order valence-electron chi connectivity index (χ2n) is 6.46. The van der Waals surface area contributed by atoms with E-state index in [-0.39, 0.29) is 5.82 Å². The Morgan fingerprint density at radius 1 is 1.04 bits per heavy atom. The standard InChI is InChI=1S/C21H17FN2O2/c1-21(17-8-5-9-18(22)11-17)19(24-20(25)26-21)16-10-15(12-23-13-16)14-6-3-2-4-7-14/h2-13,19H,1H3,(H,24,25)/t19-,21-/m0/s1. The van der Waals surface area contributed by atoms with E-state index in [9.17, 15) is 9.18 Å². The third-order valence-electron chi connectivity index (χ3n) is 4.72. The smallest absolute Gasteiger partial charge is 0.408 e. The fourth-order valence-corrected chi connectivity index (χ4v) is 3.36. The minimum atomic E-state index is -1.03. The first-order valence-corrected chi connectivity index (χ1v) is 8.32. The Bertz CT molecular complexity index is 961. The van der Waals surface area contributed by atoms with Crippen molar-refractivity contribution in [2.75, 3.05) is 0 Å². The van der Waals surface area contributed by atoms with Crippen LogP contribution in [0.2, 0.25) is 0 Å². The van der Waals surface area contributed by atoms with Gasteiger partial charge in [-0.1, -0.05) is 42.5 Å². The summed E-state index contributed by atoms with van der Waals surface area (Å²) in [5.74, 6) is -0.374. The SMILES string of the molecule is C[C@@]1(c2cccc(F)c2)OC(=O)N[C@H]1c1cncc(-c2ccccc2)c1. The van der Waals surface area contributed by atoms with Crippen molar-refractivity contribution in [1.29, 1.82) is 0 Å². The molecule has 2 aromatic carbocycles. The average molecular weight is 348 g/mol. The molecule has 2 atom stereocenters. The zero-order chi connectivity index (χ0) is 18.1. The molecule has 1 saturated heterocycles. The largest absolute Gasteiger partial charge is 0.436 e. The van der Waals surface area contributed by atoms with Crippen LogP contribution in [0.15, 0.2) is 73.1 Å². The van der Waals surface area contributed by atoms with Crippen molar-refractivity contribution in [3.8, 4) is 11.1 Å². The lowest BCUT2D eigenvalue weighted by Crippen LogP contribution is -2.31. The maximum absolute atomic E-state index is 13.7. The van der Waals surface area contributed by atoms with Gasteiger partial charge in [0, 0.05) is 23.5 Å². The summed E-state index contributed by atoms with van der Waals surface area (Å²) >= 11 is 0. The lowest BCUT2D eigenvalue weighted by molar-refractivity contribution is 0.0491. The van der Waals surface area contributed by atoms with E-state index in [1.165, 1.54) is 12.1 Å². The van der Waals surface area contributed by atoms with Crippen LogP contribution in [0.5, 0.6) is 0 Å². The van der Waals surface area contributed by atoms with Gasteiger partial charge in [-0.25, -0.2) is 9.18 Å². The van der Waals surface area contributed by atoms with Crippen molar-refractivity contribution >= 4 is 6.09 Å². The van der Waals surface area contributed by atoms with Crippen LogP contribution >= 0.6 is 0 Å². The molecule has 0 bridgehead atoms. The summed E-state index contributed by atoms with van der Waals surface area (Å²) in [6.07, 6.45) is 2.94. The Hall–Kier alpha value is -3.21. The van der Waals surface area contributed by atoms with E-state index in [4.69, 9.17) is 4.74 Å². The van der Waals surface area contributed by atoms with Gasteiger partial charge >= 0.3 is 6.09 Å². The zero-order valence-corrected chi connectivity index (χ0v) is 14.1. The molecular formula is C21H17FN2O2. The predicted molar refractivity (Wildman–Crippen MR) is 95.8 cm³/mol. The topological polar surface area (TPSA) is 51.2 Å². The zero-order valence-electron chi connectivity index (χ0n) is 14.1. The number of carbonyl (C=O) groups is 1. The van der Waals surface area contributed by atoms with Crippen LogP contribution in [-0.4, -0.2) is 11.1 Å². The number of rotatable bonds is 3. The number of pyridine rings is 1. The highest BCUT2D eigenvalue weighted by atomic mass is 19.1. The summed E-state index contributed by atoms with van der Waals surface area (Å²) in [5.41, 5.74) is 2.32. The number of carbonyl (C=O) groups excluding carboxylic acids is 1. The highest BCUT2D eigenvalue weighted by Crippen LogP contribution is 2.43. The molecule has 2 heterocycles. The molecular weight excluding hydrogens is 331 g/mol. The molecule has 1 fully saturated rings. The number of hydrogen-bond donors (Lipinski definition) is 1. The monoisotopic (exact) mass is 348 g/mol. The molecule has 1 aliphatic rings. The summed E-state index contributed by atoms with van der Waals surface area (Å²) < 4.78 is 19.3. The third kappa shape index (κ3) is 2.81. The van der Waals surface area contributed by atoms with E-state index in [1.807, 2.05) is 36.4 Å². The van der Waals surface area contributed by atoms with E-state index < -0.39 is 17.7 Å². The Morgan fingerprint density at radius 3 is 2.62 bits per heavy atom. The summed E-state index contributed by atoms with van der Waals surface area (Å²) in [7, 11) is 0. The number of amides is 1. The fraction of sp³-hybridized carbons (Fsp3) is 0.143. The Balaban J connectivity index is 1.77. The van der Waals surface area contributed by atoms with Crippen molar-refractivity contribution in [3.63, 3.8) is 0 Å². The van der Waals surface area contributed by atoms with Crippen LogP contribution in [-0.2, 0) is 10.3 Å². The van der Waals surface area contributed by atoms with Crippen LogP contribution in [0.25, 0.3) is 11.1 Å². The molecule has 130 valence electrons. The van der Waals surface area contributed by atoms with Crippen molar-refractivity contribution in [2.45, 2.75) is 18.6 Å². The maximum atomic E-state index is 13.7. The van der Waals surface area contributed by atoms with Gasteiger partial charge in [0.25, 0.3) is 0 Å². The first kappa shape index (κ1) is 16.3. The van der Waals surface area contributed by atoms with Crippen molar-refractivity contribution in [1.82, 2.24) is 10.3 Å². The second kappa shape index (κ2) is 6.26. The number of alkyl carbamates (subject to hydrolysis) is 1. The Labute approximate surface area is 150 Å². The molecule has 4 nitrogen and oxygen atoms in total. The molecule has 1 aliphatic heterocycles. The van der Waals surface area contributed by atoms with E-state index in [0.29, 0.717) is 5.56 Å². The number of nitrogens with one attached hydrogen (secondary N) is 1. The predicted octanol–water partition coefficient (Wildman–Crippen LogP) is 4.58. The number of hydrogen-bond acceptors (Lipinski definition) is 3. The molecule has 3 aromatic rings. The van der Waals surface area contributed by atoms with E-state index in [2.05, 4.69) is 10.3 Å². The first-order chi connectivity index (χ1) is 12.6. The third-order valence-corrected chi connectivity index (χ3v) is 4.72. The normalized spacial score (nSPS) is 21.9. The van der Waals surface area contributed by atoms with Gasteiger partial charge in [-0.3, -0.25) is 4.98 Å². The van der Waals surface area contributed by atoms with E-state index in [1.54, 1.807) is 31.5 Å². The van der Waals surface area contributed by atoms with Gasteiger partial charge in [0.2, 0.25) is 0 Å². The Morgan fingerprint density at radius 2 is 1.85 bits per heavy atom. The summed E-state index contributed by atoms with van der Waals surface area (Å²) in [6.45, 7) is 1.78. The van der Waals surface area contributed by atoms with Gasteiger partial charge in [0.05, 0.1) is 0 Å². The maximum Gasteiger partial charge on any atom is 0.408 e. The first-order valence-electron chi connectivity index (χ1n) is 8.32. The highest BCUT2D eigenvalue weighted by molar-refractivity contribution is 5.72. The summed E-state index contributed by atoms with van der Waals surface area (Å²) in [5, 5.41) is 2.83. The van der Waals surface area contributed by atoms with Gasteiger partial charge in [-0.05, 0) is 36.2 Å². The number of aromatic nitrogens is 1. The fourth-order valence-electron chi connectivity index (χ4n) is 3.36. The molecule has 1 aromatic heterocycles. The van der Waals surface area contributed by atoms with Crippen LogP contribution in [0.4, 0.5) is 9.18 Å². The molecule has 5 heteroatoms. The quantitative estimate of drug-likeness (QED) is 0.753. The minimum Gasteiger partial charge on any atom is -0.436 e. The van der Waals surface area contributed by atoms with Crippen LogP contribution in [0.3, 0.4) is 0 Å². The molecule has 1 amide bonds. The van der Waals surface area contributed by atoms with Gasteiger partial charge in [-0.15, -0.1) is 0 Å². The Kier molecular flexibility index (Phi) is 3.92. The van der Waals surface area contributed by atoms with Gasteiger partial charge in [-0.2, -0.15) is 0 Å². The number of benzene rings is 2. The molecule has 0 spiro atoms. The van der Waals surface area contributed by atoms with Gasteiger partial charge < -0.3 is 10.1 Å². The minimum absolute atomic E-state index is 0.374. The lowest BCUT2D eigenvalue weighted by Gasteiger charge is -2.29. The molecule has 4 rings (SSSR count). The highest BCUT2D eigenvalue weighted by Gasteiger charge is 2.47. The van der Waals surface area contributed by atoms with E-state index >= 15 is 0 Å². The lowest BCUT2D eigenvalue weighted by atomic mass is 9.84. The van der Waals surface area contributed by atoms with Crippen molar-refractivity contribution < 1.29 is 13.9 Å². The summed E-state index contributed by atoms with van der Waals surface area (Å²) in [4.78, 5) is 16.3. The molecule has 1 N–H and O–H groups in total. The van der Waals surface area contributed by atoms with Crippen molar-refractivity contribution in [3.05, 3.63) is 90.0 Å². The van der Waals surface area contributed by atoms with Crippen LogP contribution in [0.1, 0.15) is 24.1 Å². The van der Waals surface area contributed by atoms with Gasteiger partial charge in [0.15, 0.2) is 5.60 Å². The molecule has 0 unspecified atom stereocenters. The van der Waals surface area contributed by atoms with Gasteiger partial charge in [0.1, 0.15) is 11.9 Å². The molecule has 0 aliphatic carbocycles. The average Bonchev–Trinajstić information content (AvgIpc) is 2.98. The summed E-state index contributed by atoms with van der Waals surface area (Å²) in [6, 6.07) is 17.5. The molecule has 0 radical (unpaired) electrons. The second-order valence-corrected chi connectivity index (χ2v) is 6.46. The van der Waals surface area contributed by atoms with E-state index in [0.717, 1.165) is 16.7 Å². The van der Waals surface area contributed by atoms with Crippen LogP contribution in [0, 0.1) is 5.82 Å². The number of ether oxygens (including phenoxy) is 1.